The Morgan fingerprint density at radius 1 is 0.968 bits per heavy atom. The van der Waals surface area contributed by atoms with Crippen LogP contribution in [0.2, 0.25) is 0 Å². The molecule has 1 N–H and O–H groups in total. The van der Waals surface area contributed by atoms with Crippen molar-refractivity contribution in [2.45, 2.75) is 37.6 Å². The number of aryl methyl sites for hydroxylation is 2. The van der Waals surface area contributed by atoms with Gasteiger partial charge in [-0.1, -0.05) is 78.3 Å². The highest BCUT2D eigenvalue weighted by atomic mass is 32.2. The summed E-state index contributed by atoms with van der Waals surface area (Å²) in [6.07, 6.45) is 0.659. The fourth-order valence-electron chi connectivity index (χ4n) is 3.02. The van der Waals surface area contributed by atoms with Crippen molar-refractivity contribution < 1.29 is 9.53 Å². The Morgan fingerprint density at radius 2 is 1.55 bits per heavy atom. The smallest absolute Gasteiger partial charge is 0.233 e. The summed E-state index contributed by atoms with van der Waals surface area (Å²) >= 11 is 1.34. The van der Waals surface area contributed by atoms with E-state index in [1.807, 2.05) is 31.2 Å². The van der Waals surface area contributed by atoms with E-state index in [-0.39, 0.29) is 11.2 Å². The summed E-state index contributed by atoms with van der Waals surface area (Å²) in [4.78, 5) is 17.3. The highest BCUT2D eigenvalue weighted by Gasteiger charge is 2.21. The molecule has 0 unspecified atom stereocenters. The molecule has 0 radical (unpaired) electrons. The Hall–Kier alpha value is -2.77. The number of thioether (sulfide) groups is 1. The van der Waals surface area contributed by atoms with Gasteiger partial charge in [-0.25, -0.2) is 4.98 Å². The molecule has 3 rings (SSSR count). The van der Waals surface area contributed by atoms with Crippen LogP contribution in [0, 0.1) is 13.8 Å². The molecule has 0 aliphatic rings. The van der Waals surface area contributed by atoms with E-state index < -0.39 is 0 Å². The van der Waals surface area contributed by atoms with Gasteiger partial charge in [0, 0.05) is 24.8 Å². The lowest BCUT2D eigenvalue weighted by molar-refractivity contribution is -0.120. The summed E-state index contributed by atoms with van der Waals surface area (Å²) in [5, 5.41) is 11.9. The van der Waals surface area contributed by atoms with Gasteiger partial charge in [0.1, 0.15) is 11.4 Å². The van der Waals surface area contributed by atoms with Crippen LogP contribution in [0.3, 0.4) is 0 Å². The molecule has 0 fully saturated rings. The Labute approximate surface area is 187 Å². The minimum absolute atomic E-state index is 0.0485. The molecule has 2 aromatic carbocycles. The first-order valence-corrected chi connectivity index (χ1v) is 11.2. The van der Waals surface area contributed by atoms with E-state index in [1.54, 1.807) is 7.11 Å². The fourth-order valence-corrected chi connectivity index (χ4v) is 3.86. The van der Waals surface area contributed by atoms with Gasteiger partial charge in [-0.3, -0.25) is 4.79 Å². The first-order chi connectivity index (χ1) is 15.0. The van der Waals surface area contributed by atoms with Crippen LogP contribution in [-0.2, 0) is 9.53 Å². The third-order valence-corrected chi connectivity index (χ3v) is 6.05. The first-order valence-electron chi connectivity index (χ1n) is 10.3. The maximum Gasteiger partial charge on any atom is 0.233 e. The number of hydrogen-bond donors (Lipinski definition) is 1. The van der Waals surface area contributed by atoms with Crippen molar-refractivity contribution >= 4 is 17.7 Å². The molecular formula is C24H28N4O2S. The number of carbonyl (C=O) groups is 1. The summed E-state index contributed by atoms with van der Waals surface area (Å²) in [5.74, 6) is -0.0485. The normalized spacial score (nSPS) is 11.9. The summed E-state index contributed by atoms with van der Waals surface area (Å²) in [6, 6.07) is 16.4. The monoisotopic (exact) mass is 436 g/mol. The molecule has 0 aliphatic carbocycles. The molecule has 0 aliphatic heterocycles. The van der Waals surface area contributed by atoms with Gasteiger partial charge >= 0.3 is 0 Å². The highest BCUT2D eigenvalue weighted by molar-refractivity contribution is 8.00. The second-order valence-electron chi connectivity index (χ2n) is 7.32. The Kier molecular flexibility index (Phi) is 8.14. The van der Waals surface area contributed by atoms with Crippen molar-refractivity contribution in [1.82, 2.24) is 20.5 Å². The van der Waals surface area contributed by atoms with E-state index in [1.165, 1.54) is 22.9 Å². The average Bonchev–Trinajstić information content (AvgIpc) is 2.78. The third kappa shape index (κ3) is 6.12. The zero-order valence-corrected chi connectivity index (χ0v) is 19.2. The molecule has 1 atom stereocenters. The zero-order valence-electron chi connectivity index (χ0n) is 18.4. The molecule has 6 nitrogen and oxygen atoms in total. The van der Waals surface area contributed by atoms with Gasteiger partial charge in [-0.05, 0) is 20.3 Å². The quantitative estimate of drug-likeness (QED) is 0.394. The van der Waals surface area contributed by atoms with Crippen LogP contribution >= 0.6 is 11.8 Å². The van der Waals surface area contributed by atoms with Crippen LogP contribution in [0.5, 0.6) is 0 Å². The minimum Gasteiger partial charge on any atom is -0.383 e. The Bertz CT molecular complexity index is 1010. The number of methoxy groups -OCH3 is 1. The van der Waals surface area contributed by atoms with Gasteiger partial charge in [0.2, 0.25) is 11.1 Å². The predicted molar refractivity (Wildman–Crippen MR) is 125 cm³/mol. The van der Waals surface area contributed by atoms with Crippen molar-refractivity contribution in [3.05, 3.63) is 59.7 Å². The highest BCUT2D eigenvalue weighted by Crippen LogP contribution is 2.31. The standard InChI is InChI=1S/C24H28N4O2S/c1-5-20(23(29)25-14-15-30-4)31-24-26-21(18-10-6-16(2)7-11-18)22(27-28-24)19-12-8-17(3)9-13-19/h6-13,20H,5,14-15H2,1-4H3,(H,25,29)/t20-/m1/s1. The number of rotatable bonds is 9. The summed E-state index contributed by atoms with van der Waals surface area (Å²) in [6.45, 7) is 7.04. The Morgan fingerprint density at radius 3 is 2.10 bits per heavy atom. The minimum atomic E-state index is -0.297. The maximum absolute atomic E-state index is 12.5. The summed E-state index contributed by atoms with van der Waals surface area (Å²) < 4.78 is 5.00. The van der Waals surface area contributed by atoms with E-state index >= 15 is 0 Å². The third-order valence-electron chi connectivity index (χ3n) is 4.83. The van der Waals surface area contributed by atoms with Crippen molar-refractivity contribution in [2.24, 2.45) is 0 Å². The molecule has 1 amide bonds. The molecule has 7 heteroatoms. The molecule has 1 heterocycles. The predicted octanol–water partition coefficient (Wildman–Crippen LogP) is 4.46. The number of carbonyl (C=O) groups excluding carboxylic acids is 1. The van der Waals surface area contributed by atoms with Crippen LogP contribution < -0.4 is 5.32 Å². The van der Waals surface area contributed by atoms with Crippen molar-refractivity contribution in [2.75, 3.05) is 20.3 Å². The molecule has 162 valence electrons. The van der Waals surface area contributed by atoms with Crippen molar-refractivity contribution in [3.63, 3.8) is 0 Å². The van der Waals surface area contributed by atoms with Gasteiger partial charge < -0.3 is 10.1 Å². The molecule has 1 aromatic heterocycles. The molecule has 0 saturated heterocycles. The van der Waals surface area contributed by atoms with E-state index in [4.69, 9.17) is 9.72 Å². The summed E-state index contributed by atoms with van der Waals surface area (Å²) in [5.41, 5.74) is 5.77. The average molecular weight is 437 g/mol. The lowest BCUT2D eigenvalue weighted by atomic mass is 10.0. The van der Waals surface area contributed by atoms with E-state index in [9.17, 15) is 4.79 Å². The number of hydrogen-bond acceptors (Lipinski definition) is 6. The van der Waals surface area contributed by atoms with Gasteiger partial charge in [0.05, 0.1) is 11.9 Å². The van der Waals surface area contributed by atoms with Gasteiger partial charge in [0.25, 0.3) is 0 Å². The Balaban J connectivity index is 1.94. The second-order valence-corrected chi connectivity index (χ2v) is 8.49. The molecule has 0 spiro atoms. The fraction of sp³-hybridized carbons (Fsp3) is 0.333. The second kappa shape index (κ2) is 11.0. The number of nitrogens with one attached hydrogen (secondary N) is 1. The largest absolute Gasteiger partial charge is 0.383 e. The lowest BCUT2D eigenvalue weighted by Crippen LogP contribution is -2.34. The first kappa shape index (κ1) is 22.9. The maximum atomic E-state index is 12.5. The number of ether oxygens (including phenoxy) is 1. The van der Waals surface area contributed by atoms with Gasteiger partial charge in [0.15, 0.2) is 0 Å². The number of aromatic nitrogens is 3. The van der Waals surface area contributed by atoms with Gasteiger partial charge in [-0.2, -0.15) is 0 Å². The van der Waals surface area contributed by atoms with Crippen LogP contribution in [0.4, 0.5) is 0 Å². The number of nitrogens with zero attached hydrogens (tertiary/aromatic N) is 3. The van der Waals surface area contributed by atoms with Crippen LogP contribution in [0.15, 0.2) is 53.7 Å². The van der Waals surface area contributed by atoms with Gasteiger partial charge in [-0.15, -0.1) is 10.2 Å². The molecule has 0 bridgehead atoms. The van der Waals surface area contributed by atoms with Crippen LogP contribution in [-0.4, -0.2) is 46.6 Å². The van der Waals surface area contributed by atoms with Crippen molar-refractivity contribution in [3.8, 4) is 22.5 Å². The summed E-state index contributed by atoms with van der Waals surface area (Å²) in [7, 11) is 1.61. The zero-order chi connectivity index (χ0) is 22.2. The molecular weight excluding hydrogens is 408 g/mol. The van der Waals surface area contributed by atoms with E-state index in [2.05, 4.69) is 53.6 Å². The molecule has 3 aromatic rings. The molecule has 0 saturated carbocycles. The topological polar surface area (TPSA) is 77.0 Å². The van der Waals surface area contributed by atoms with Crippen LogP contribution in [0.25, 0.3) is 22.5 Å². The number of benzene rings is 2. The van der Waals surface area contributed by atoms with E-state index in [0.29, 0.717) is 24.7 Å². The number of amides is 1. The lowest BCUT2D eigenvalue weighted by Gasteiger charge is -2.15. The van der Waals surface area contributed by atoms with Crippen molar-refractivity contribution in [1.29, 1.82) is 0 Å². The molecule has 31 heavy (non-hydrogen) atoms. The van der Waals surface area contributed by atoms with Crippen LogP contribution in [0.1, 0.15) is 24.5 Å². The SMILES string of the molecule is CC[C@@H](Sc1nnc(-c2ccc(C)cc2)c(-c2ccc(C)cc2)n1)C(=O)NCCOC. The van der Waals surface area contributed by atoms with E-state index in [0.717, 1.165) is 22.5 Å².